The lowest BCUT2D eigenvalue weighted by Gasteiger charge is -2.35. The predicted molar refractivity (Wildman–Crippen MR) is 81.0 cm³/mol. The van der Waals surface area contributed by atoms with Gasteiger partial charge < -0.3 is 4.57 Å². The summed E-state index contributed by atoms with van der Waals surface area (Å²) >= 11 is 0. The summed E-state index contributed by atoms with van der Waals surface area (Å²) in [5, 5.41) is 13.1. The fourth-order valence-corrected chi connectivity index (χ4v) is 3.41. The summed E-state index contributed by atoms with van der Waals surface area (Å²) < 4.78 is 4.15. The average molecular weight is 301 g/mol. The lowest BCUT2D eigenvalue weighted by molar-refractivity contribution is 0.117. The summed E-state index contributed by atoms with van der Waals surface area (Å²) in [6.45, 7) is 2.92. The first-order valence-corrected chi connectivity index (χ1v) is 8.26. The van der Waals surface area contributed by atoms with Gasteiger partial charge in [0.15, 0.2) is 0 Å². The van der Waals surface area contributed by atoms with Crippen LogP contribution in [0.5, 0.6) is 0 Å². The Morgan fingerprint density at radius 1 is 1.18 bits per heavy atom. The van der Waals surface area contributed by atoms with Crippen LogP contribution in [0.4, 0.5) is 0 Å². The van der Waals surface area contributed by atoms with Crippen LogP contribution in [0.2, 0.25) is 0 Å². The quantitative estimate of drug-likeness (QED) is 0.834. The number of rotatable bonds is 5. The van der Waals surface area contributed by atoms with E-state index >= 15 is 0 Å². The summed E-state index contributed by atoms with van der Waals surface area (Å²) in [7, 11) is 2.11. The third kappa shape index (κ3) is 2.77. The lowest BCUT2D eigenvalue weighted by Crippen LogP contribution is -2.42. The fourth-order valence-electron chi connectivity index (χ4n) is 3.41. The Hall–Kier alpha value is -1.76. The van der Waals surface area contributed by atoms with Crippen molar-refractivity contribution in [2.45, 2.75) is 57.2 Å². The van der Waals surface area contributed by atoms with Gasteiger partial charge in [-0.15, -0.1) is 10.2 Å². The topological polar surface area (TPSA) is 64.7 Å². The molecule has 3 heterocycles. The summed E-state index contributed by atoms with van der Waals surface area (Å²) in [5.74, 6) is 2.91. The molecule has 4 rings (SSSR count). The highest BCUT2D eigenvalue weighted by atomic mass is 15.3. The van der Waals surface area contributed by atoms with E-state index in [-0.39, 0.29) is 0 Å². The second kappa shape index (κ2) is 5.79. The molecule has 2 aromatic heterocycles. The van der Waals surface area contributed by atoms with Crippen molar-refractivity contribution in [2.24, 2.45) is 7.05 Å². The van der Waals surface area contributed by atoms with E-state index in [9.17, 15) is 0 Å². The maximum Gasteiger partial charge on any atom is 0.146 e. The van der Waals surface area contributed by atoms with E-state index in [0.29, 0.717) is 12.0 Å². The molecule has 1 aliphatic heterocycles. The van der Waals surface area contributed by atoms with Crippen molar-refractivity contribution in [1.82, 2.24) is 34.4 Å². The largest absolute Gasteiger partial charge is 0.317 e. The van der Waals surface area contributed by atoms with E-state index in [2.05, 4.69) is 36.8 Å². The summed E-state index contributed by atoms with van der Waals surface area (Å²) in [6.07, 6.45) is 9.73. The standard InChI is InChI=1S/C15H23N7/c1-20-14(18-19-15(20)12-5-6-12)9-21-7-3-2-4-13(21)8-22-11-16-10-17-22/h10-13H,2-9H2,1H3/t13-/m0/s1. The van der Waals surface area contributed by atoms with Gasteiger partial charge in [-0.1, -0.05) is 6.42 Å². The lowest BCUT2D eigenvalue weighted by atomic mass is 10.0. The van der Waals surface area contributed by atoms with Crippen LogP contribution < -0.4 is 0 Å². The van der Waals surface area contributed by atoms with E-state index in [1.807, 2.05) is 4.68 Å². The molecule has 1 atom stereocenters. The van der Waals surface area contributed by atoms with Crippen LogP contribution in [0, 0.1) is 0 Å². The van der Waals surface area contributed by atoms with Crippen LogP contribution >= 0.6 is 0 Å². The number of nitrogens with zero attached hydrogens (tertiary/aromatic N) is 7. The highest BCUT2D eigenvalue weighted by Crippen LogP contribution is 2.38. The zero-order chi connectivity index (χ0) is 14.9. The highest BCUT2D eigenvalue weighted by Gasteiger charge is 2.30. The van der Waals surface area contributed by atoms with Crippen molar-refractivity contribution in [3.05, 3.63) is 24.3 Å². The Labute approximate surface area is 130 Å². The molecule has 0 aromatic carbocycles. The van der Waals surface area contributed by atoms with Crippen molar-refractivity contribution < 1.29 is 0 Å². The first kappa shape index (κ1) is 13.9. The van der Waals surface area contributed by atoms with E-state index in [1.165, 1.54) is 37.9 Å². The maximum atomic E-state index is 4.44. The van der Waals surface area contributed by atoms with Crippen molar-refractivity contribution in [3.8, 4) is 0 Å². The normalized spacial score (nSPS) is 23.0. The van der Waals surface area contributed by atoms with Crippen molar-refractivity contribution in [1.29, 1.82) is 0 Å². The molecular weight excluding hydrogens is 278 g/mol. The number of likely N-dealkylation sites (tertiary alicyclic amines) is 1. The molecule has 2 aliphatic rings. The molecule has 2 fully saturated rings. The minimum Gasteiger partial charge on any atom is -0.317 e. The molecular formula is C15H23N7. The van der Waals surface area contributed by atoms with E-state index in [0.717, 1.165) is 25.5 Å². The number of hydrogen-bond acceptors (Lipinski definition) is 5. The molecule has 7 heteroatoms. The molecule has 7 nitrogen and oxygen atoms in total. The van der Waals surface area contributed by atoms with Crippen LogP contribution in [-0.4, -0.2) is 47.0 Å². The third-order valence-electron chi connectivity index (χ3n) is 4.90. The first-order chi connectivity index (χ1) is 10.8. The molecule has 0 radical (unpaired) electrons. The first-order valence-electron chi connectivity index (χ1n) is 8.26. The van der Waals surface area contributed by atoms with Crippen molar-refractivity contribution in [3.63, 3.8) is 0 Å². The van der Waals surface area contributed by atoms with Gasteiger partial charge in [-0.25, -0.2) is 4.98 Å². The molecule has 0 amide bonds. The van der Waals surface area contributed by atoms with E-state index < -0.39 is 0 Å². The molecule has 118 valence electrons. The zero-order valence-corrected chi connectivity index (χ0v) is 13.1. The Bertz CT molecular complexity index is 614. The van der Waals surface area contributed by atoms with Crippen molar-refractivity contribution in [2.75, 3.05) is 6.54 Å². The van der Waals surface area contributed by atoms with Crippen LogP contribution in [0.25, 0.3) is 0 Å². The summed E-state index contributed by atoms with van der Waals surface area (Å²) in [6, 6.07) is 0.511. The van der Waals surface area contributed by atoms with Gasteiger partial charge >= 0.3 is 0 Å². The molecule has 0 unspecified atom stereocenters. The maximum absolute atomic E-state index is 4.44. The monoisotopic (exact) mass is 301 g/mol. The second-order valence-corrected chi connectivity index (χ2v) is 6.55. The zero-order valence-electron chi connectivity index (χ0n) is 13.1. The van der Waals surface area contributed by atoms with Gasteiger partial charge in [0.1, 0.15) is 24.3 Å². The minimum atomic E-state index is 0.511. The number of hydrogen-bond donors (Lipinski definition) is 0. The van der Waals surface area contributed by atoms with Gasteiger partial charge in [0.25, 0.3) is 0 Å². The molecule has 22 heavy (non-hydrogen) atoms. The highest BCUT2D eigenvalue weighted by molar-refractivity contribution is 5.08. The summed E-state index contributed by atoms with van der Waals surface area (Å²) in [5.41, 5.74) is 0. The Kier molecular flexibility index (Phi) is 3.65. The predicted octanol–water partition coefficient (Wildman–Crippen LogP) is 1.34. The van der Waals surface area contributed by atoms with E-state index in [4.69, 9.17) is 0 Å². The molecule has 0 spiro atoms. The summed E-state index contributed by atoms with van der Waals surface area (Å²) in [4.78, 5) is 6.58. The van der Waals surface area contributed by atoms with Gasteiger partial charge in [0.2, 0.25) is 0 Å². The molecule has 1 saturated carbocycles. The average Bonchev–Trinajstić information content (AvgIpc) is 3.12. The van der Waals surface area contributed by atoms with Crippen LogP contribution in [-0.2, 0) is 20.1 Å². The molecule has 2 aromatic rings. The second-order valence-electron chi connectivity index (χ2n) is 6.55. The van der Waals surface area contributed by atoms with Crippen molar-refractivity contribution >= 4 is 0 Å². The van der Waals surface area contributed by atoms with Crippen LogP contribution in [0.15, 0.2) is 12.7 Å². The smallest absolute Gasteiger partial charge is 0.146 e. The Morgan fingerprint density at radius 2 is 2.09 bits per heavy atom. The van der Waals surface area contributed by atoms with Gasteiger partial charge in [-0.05, 0) is 32.2 Å². The van der Waals surface area contributed by atoms with Crippen LogP contribution in [0.3, 0.4) is 0 Å². The Morgan fingerprint density at radius 3 is 2.86 bits per heavy atom. The van der Waals surface area contributed by atoms with Gasteiger partial charge in [0, 0.05) is 19.0 Å². The molecule has 0 bridgehead atoms. The fraction of sp³-hybridized carbons (Fsp3) is 0.733. The van der Waals surface area contributed by atoms with Gasteiger partial charge in [0.05, 0.1) is 13.1 Å². The molecule has 0 N–H and O–H groups in total. The molecule has 1 aliphatic carbocycles. The van der Waals surface area contributed by atoms with Gasteiger partial charge in [-0.2, -0.15) is 5.10 Å². The molecule has 1 saturated heterocycles. The van der Waals surface area contributed by atoms with E-state index in [1.54, 1.807) is 12.7 Å². The third-order valence-corrected chi connectivity index (χ3v) is 4.90. The number of piperidine rings is 1. The number of aromatic nitrogens is 6. The van der Waals surface area contributed by atoms with Crippen LogP contribution in [0.1, 0.15) is 49.7 Å². The Balaban J connectivity index is 1.47. The minimum absolute atomic E-state index is 0.511. The SMILES string of the molecule is Cn1c(CN2CCCC[C@H]2Cn2cncn2)nnc1C1CC1. The van der Waals surface area contributed by atoms with Gasteiger partial charge in [-0.3, -0.25) is 9.58 Å².